The number of amides is 1. The third kappa shape index (κ3) is 4.75. The predicted molar refractivity (Wildman–Crippen MR) is 61.3 cm³/mol. The molecular formula is C11H17N3O2. The van der Waals surface area contributed by atoms with Crippen LogP contribution in [0, 0.1) is 0 Å². The van der Waals surface area contributed by atoms with E-state index in [0.29, 0.717) is 12.3 Å². The number of nitrogens with one attached hydrogen (secondary N) is 2. The fourth-order valence-corrected chi connectivity index (χ4v) is 1.00. The highest BCUT2D eigenvalue weighted by Crippen LogP contribution is 2.05. The molecule has 1 heterocycles. The molecule has 5 nitrogen and oxygen atoms in total. The maximum atomic E-state index is 11.4. The van der Waals surface area contributed by atoms with E-state index < -0.39 is 0 Å². The molecule has 1 unspecified atom stereocenters. The smallest absolute Gasteiger partial charge is 0.257 e. The number of pyridine rings is 1. The molecule has 0 aliphatic rings. The highest BCUT2D eigenvalue weighted by atomic mass is 16.5. The Balaban J connectivity index is 2.20. The van der Waals surface area contributed by atoms with Gasteiger partial charge in [-0.3, -0.25) is 9.78 Å². The number of hydrogen-bond donors (Lipinski definition) is 2. The van der Waals surface area contributed by atoms with Gasteiger partial charge in [-0.15, -0.1) is 0 Å². The molecule has 16 heavy (non-hydrogen) atoms. The van der Waals surface area contributed by atoms with Crippen molar-refractivity contribution in [3.05, 3.63) is 24.5 Å². The lowest BCUT2D eigenvalue weighted by atomic mass is 10.3. The summed E-state index contributed by atoms with van der Waals surface area (Å²) in [6, 6.07) is 3.77. The van der Waals surface area contributed by atoms with E-state index >= 15 is 0 Å². The predicted octanol–water partition coefficient (Wildman–Crippen LogP) is 0.185. The van der Waals surface area contributed by atoms with Gasteiger partial charge in [-0.1, -0.05) is 0 Å². The van der Waals surface area contributed by atoms with Crippen molar-refractivity contribution >= 4 is 5.91 Å². The SMILES string of the molecule is CNC(C)CNC(=O)COc1cccnc1. The van der Waals surface area contributed by atoms with Crippen molar-refractivity contribution in [2.75, 3.05) is 20.2 Å². The van der Waals surface area contributed by atoms with E-state index in [-0.39, 0.29) is 18.6 Å². The molecule has 0 fully saturated rings. The standard InChI is InChI=1S/C11H17N3O2/c1-9(12-2)6-14-11(15)8-16-10-4-3-5-13-7-10/h3-5,7,9,12H,6,8H2,1-2H3,(H,14,15). The summed E-state index contributed by atoms with van der Waals surface area (Å²) in [6.45, 7) is 2.59. The summed E-state index contributed by atoms with van der Waals surface area (Å²) < 4.78 is 5.24. The van der Waals surface area contributed by atoms with Gasteiger partial charge in [-0.05, 0) is 26.1 Å². The first-order valence-corrected chi connectivity index (χ1v) is 5.19. The Morgan fingerprint density at radius 1 is 1.62 bits per heavy atom. The lowest BCUT2D eigenvalue weighted by Crippen LogP contribution is -2.39. The van der Waals surface area contributed by atoms with E-state index in [4.69, 9.17) is 4.74 Å². The molecule has 0 radical (unpaired) electrons. The molecule has 0 spiro atoms. The van der Waals surface area contributed by atoms with Gasteiger partial charge in [0, 0.05) is 18.8 Å². The van der Waals surface area contributed by atoms with Gasteiger partial charge in [-0.25, -0.2) is 0 Å². The first kappa shape index (κ1) is 12.4. The Labute approximate surface area is 95.2 Å². The maximum absolute atomic E-state index is 11.4. The summed E-state index contributed by atoms with van der Waals surface area (Å²) in [5.41, 5.74) is 0. The second-order valence-electron chi connectivity index (χ2n) is 3.47. The van der Waals surface area contributed by atoms with E-state index in [1.807, 2.05) is 14.0 Å². The van der Waals surface area contributed by atoms with Crippen molar-refractivity contribution in [3.63, 3.8) is 0 Å². The van der Waals surface area contributed by atoms with Crippen molar-refractivity contribution in [1.82, 2.24) is 15.6 Å². The molecule has 88 valence electrons. The lowest BCUT2D eigenvalue weighted by molar-refractivity contribution is -0.123. The van der Waals surface area contributed by atoms with E-state index in [1.165, 1.54) is 0 Å². The topological polar surface area (TPSA) is 63.2 Å². The number of carbonyl (C=O) groups excluding carboxylic acids is 1. The minimum absolute atomic E-state index is 0.0160. The van der Waals surface area contributed by atoms with Crippen molar-refractivity contribution in [3.8, 4) is 5.75 Å². The molecule has 1 rings (SSSR count). The van der Waals surface area contributed by atoms with Crippen LogP contribution in [0.25, 0.3) is 0 Å². The fourth-order valence-electron chi connectivity index (χ4n) is 1.00. The summed E-state index contributed by atoms with van der Waals surface area (Å²) in [5.74, 6) is 0.463. The van der Waals surface area contributed by atoms with Gasteiger partial charge in [0.15, 0.2) is 6.61 Å². The average molecular weight is 223 g/mol. The minimum Gasteiger partial charge on any atom is -0.482 e. The van der Waals surface area contributed by atoms with Gasteiger partial charge in [0.1, 0.15) is 5.75 Å². The van der Waals surface area contributed by atoms with Gasteiger partial charge in [0.2, 0.25) is 0 Å². The van der Waals surface area contributed by atoms with Crippen LogP contribution in [0.3, 0.4) is 0 Å². The third-order valence-electron chi connectivity index (χ3n) is 2.10. The first-order valence-electron chi connectivity index (χ1n) is 5.19. The van der Waals surface area contributed by atoms with E-state index in [9.17, 15) is 4.79 Å². The molecule has 0 bridgehead atoms. The maximum Gasteiger partial charge on any atom is 0.257 e. The molecule has 0 saturated heterocycles. The monoisotopic (exact) mass is 223 g/mol. The summed E-state index contributed by atoms with van der Waals surface area (Å²) in [7, 11) is 1.85. The molecule has 1 amide bonds. The number of carbonyl (C=O) groups is 1. The summed E-state index contributed by atoms with van der Waals surface area (Å²) in [5, 5.41) is 5.79. The molecule has 0 aliphatic heterocycles. The van der Waals surface area contributed by atoms with Gasteiger partial charge >= 0.3 is 0 Å². The van der Waals surface area contributed by atoms with Crippen molar-refractivity contribution in [2.45, 2.75) is 13.0 Å². The normalized spacial score (nSPS) is 11.9. The van der Waals surface area contributed by atoms with Crippen LogP contribution in [0.15, 0.2) is 24.5 Å². The zero-order chi connectivity index (χ0) is 11.8. The average Bonchev–Trinajstić information content (AvgIpc) is 2.34. The number of aromatic nitrogens is 1. The van der Waals surface area contributed by atoms with E-state index in [2.05, 4.69) is 15.6 Å². The Kier molecular flexibility index (Phi) is 5.28. The quantitative estimate of drug-likeness (QED) is 0.722. The zero-order valence-electron chi connectivity index (χ0n) is 9.56. The van der Waals surface area contributed by atoms with Crippen molar-refractivity contribution < 1.29 is 9.53 Å². The largest absolute Gasteiger partial charge is 0.482 e. The second-order valence-corrected chi connectivity index (χ2v) is 3.47. The first-order chi connectivity index (χ1) is 7.72. The minimum atomic E-state index is -0.133. The Hall–Kier alpha value is -1.62. The van der Waals surface area contributed by atoms with Gasteiger partial charge in [0.25, 0.3) is 5.91 Å². The number of nitrogens with zero attached hydrogens (tertiary/aromatic N) is 1. The van der Waals surface area contributed by atoms with Crippen LogP contribution in [0.5, 0.6) is 5.75 Å². The molecule has 0 aliphatic carbocycles. The van der Waals surface area contributed by atoms with Crippen LogP contribution in [-0.4, -0.2) is 37.1 Å². The van der Waals surface area contributed by atoms with E-state index in [1.54, 1.807) is 24.5 Å². The number of ether oxygens (including phenoxy) is 1. The van der Waals surface area contributed by atoms with Crippen molar-refractivity contribution in [1.29, 1.82) is 0 Å². The lowest BCUT2D eigenvalue weighted by Gasteiger charge is -2.11. The Bertz CT molecular complexity index is 316. The molecule has 2 N–H and O–H groups in total. The fraction of sp³-hybridized carbons (Fsp3) is 0.455. The van der Waals surface area contributed by atoms with Gasteiger partial charge < -0.3 is 15.4 Å². The van der Waals surface area contributed by atoms with Crippen LogP contribution >= 0.6 is 0 Å². The highest BCUT2D eigenvalue weighted by molar-refractivity contribution is 5.77. The molecule has 0 saturated carbocycles. The Morgan fingerprint density at radius 2 is 2.44 bits per heavy atom. The highest BCUT2D eigenvalue weighted by Gasteiger charge is 2.04. The van der Waals surface area contributed by atoms with Crippen LogP contribution < -0.4 is 15.4 Å². The van der Waals surface area contributed by atoms with E-state index in [0.717, 1.165) is 0 Å². The van der Waals surface area contributed by atoms with Crippen LogP contribution in [0.4, 0.5) is 0 Å². The number of hydrogen-bond acceptors (Lipinski definition) is 4. The second kappa shape index (κ2) is 6.79. The molecule has 1 atom stereocenters. The molecule has 5 heteroatoms. The molecule has 1 aromatic heterocycles. The summed E-state index contributed by atoms with van der Waals surface area (Å²) in [4.78, 5) is 15.2. The Morgan fingerprint density at radius 3 is 3.06 bits per heavy atom. The number of rotatable bonds is 6. The van der Waals surface area contributed by atoms with Crippen LogP contribution in [-0.2, 0) is 4.79 Å². The zero-order valence-corrected chi connectivity index (χ0v) is 9.56. The van der Waals surface area contributed by atoms with Crippen LogP contribution in [0.1, 0.15) is 6.92 Å². The van der Waals surface area contributed by atoms with Crippen LogP contribution in [0.2, 0.25) is 0 Å². The summed E-state index contributed by atoms with van der Waals surface area (Å²) >= 11 is 0. The molecule has 0 aromatic carbocycles. The molecule has 1 aromatic rings. The van der Waals surface area contributed by atoms with Gasteiger partial charge in [0.05, 0.1) is 6.20 Å². The van der Waals surface area contributed by atoms with Gasteiger partial charge in [-0.2, -0.15) is 0 Å². The third-order valence-corrected chi connectivity index (χ3v) is 2.10. The molecular weight excluding hydrogens is 206 g/mol. The number of likely N-dealkylation sites (N-methyl/N-ethyl adjacent to an activating group) is 1. The summed E-state index contributed by atoms with van der Waals surface area (Å²) in [6.07, 6.45) is 3.23. The van der Waals surface area contributed by atoms with Crippen molar-refractivity contribution in [2.24, 2.45) is 0 Å².